The summed E-state index contributed by atoms with van der Waals surface area (Å²) in [6.45, 7) is 1.73. The summed E-state index contributed by atoms with van der Waals surface area (Å²) >= 11 is 5.92. The Kier molecular flexibility index (Phi) is 2.41. The molecule has 3 rings (SSSR count). The van der Waals surface area contributed by atoms with Gasteiger partial charge in [-0.25, -0.2) is 4.98 Å². The van der Waals surface area contributed by atoms with Crippen LogP contribution in [-0.4, -0.2) is 4.98 Å². The van der Waals surface area contributed by atoms with Crippen molar-refractivity contribution in [1.29, 1.82) is 0 Å². The number of hydrogen-bond donors (Lipinski definition) is 1. The van der Waals surface area contributed by atoms with E-state index in [9.17, 15) is 0 Å². The highest BCUT2D eigenvalue weighted by atomic mass is 35.5. The van der Waals surface area contributed by atoms with Crippen molar-refractivity contribution in [2.75, 3.05) is 10.6 Å². The van der Waals surface area contributed by atoms with Crippen molar-refractivity contribution in [2.24, 2.45) is 0 Å². The molecule has 4 heteroatoms. The molecule has 1 aliphatic heterocycles. The summed E-state index contributed by atoms with van der Waals surface area (Å²) in [7, 11) is 0. The van der Waals surface area contributed by atoms with Gasteiger partial charge in [-0.2, -0.15) is 0 Å². The molecule has 2 aromatic rings. The van der Waals surface area contributed by atoms with E-state index in [1.165, 1.54) is 11.1 Å². The maximum absolute atomic E-state index is 5.92. The highest BCUT2D eigenvalue weighted by Crippen LogP contribution is 2.28. The van der Waals surface area contributed by atoms with Crippen LogP contribution >= 0.6 is 11.6 Å². The second kappa shape index (κ2) is 3.93. The van der Waals surface area contributed by atoms with Crippen LogP contribution in [0.1, 0.15) is 11.1 Å². The van der Waals surface area contributed by atoms with E-state index in [4.69, 9.17) is 17.3 Å². The lowest BCUT2D eigenvalue weighted by molar-refractivity contribution is 0.857. The minimum atomic E-state index is 0.441. The highest BCUT2D eigenvalue weighted by molar-refractivity contribution is 6.29. The third kappa shape index (κ3) is 1.94. The van der Waals surface area contributed by atoms with Gasteiger partial charge in [0.2, 0.25) is 0 Å². The molecule has 2 heterocycles. The largest absolute Gasteiger partial charge is 0.399 e. The van der Waals surface area contributed by atoms with Crippen LogP contribution in [0, 0.1) is 0 Å². The number of halogens is 1. The Hall–Kier alpha value is -1.74. The van der Waals surface area contributed by atoms with Gasteiger partial charge in [0.15, 0.2) is 0 Å². The van der Waals surface area contributed by atoms with Crippen molar-refractivity contribution in [2.45, 2.75) is 13.1 Å². The van der Waals surface area contributed by atoms with Crippen LogP contribution in [0.4, 0.5) is 11.5 Å². The van der Waals surface area contributed by atoms with Gasteiger partial charge in [0.05, 0.1) is 0 Å². The van der Waals surface area contributed by atoms with Crippen LogP contribution in [0.25, 0.3) is 0 Å². The van der Waals surface area contributed by atoms with Crippen molar-refractivity contribution in [3.8, 4) is 0 Å². The number of benzene rings is 1. The maximum atomic E-state index is 5.92. The molecule has 2 N–H and O–H groups in total. The van der Waals surface area contributed by atoms with Crippen LogP contribution in [-0.2, 0) is 13.1 Å². The zero-order valence-electron chi connectivity index (χ0n) is 9.23. The first-order valence-electron chi connectivity index (χ1n) is 5.47. The molecule has 0 radical (unpaired) electrons. The van der Waals surface area contributed by atoms with Crippen LogP contribution in [0.3, 0.4) is 0 Å². The number of hydrogen-bond acceptors (Lipinski definition) is 3. The van der Waals surface area contributed by atoms with Crippen LogP contribution < -0.4 is 10.6 Å². The zero-order valence-corrected chi connectivity index (χ0v) is 9.98. The topological polar surface area (TPSA) is 42.1 Å². The van der Waals surface area contributed by atoms with Crippen molar-refractivity contribution in [1.82, 2.24) is 4.98 Å². The molecule has 0 atom stereocenters. The fourth-order valence-corrected chi connectivity index (χ4v) is 2.37. The normalized spacial score (nSPS) is 13.8. The molecule has 86 valence electrons. The van der Waals surface area contributed by atoms with Gasteiger partial charge in [-0.05, 0) is 17.2 Å². The van der Waals surface area contributed by atoms with E-state index in [1.807, 2.05) is 6.07 Å². The lowest BCUT2D eigenvalue weighted by atomic mass is 10.1. The van der Waals surface area contributed by atoms with E-state index < -0.39 is 0 Å². The molecule has 0 aliphatic carbocycles. The molecule has 1 aromatic heterocycles. The number of nitrogens with zero attached hydrogens (tertiary/aromatic N) is 2. The molecule has 0 fully saturated rings. The SMILES string of the molecule is Nc1cc(Cl)nc(N2Cc3ccccc3C2)c1. The summed E-state index contributed by atoms with van der Waals surface area (Å²) < 4.78 is 0. The van der Waals surface area contributed by atoms with Crippen molar-refractivity contribution >= 4 is 23.1 Å². The van der Waals surface area contributed by atoms with Crippen LogP contribution in [0.2, 0.25) is 5.15 Å². The Bertz CT molecular complexity index is 523. The molecule has 0 bridgehead atoms. The fraction of sp³-hybridized carbons (Fsp3) is 0.154. The Morgan fingerprint density at radius 3 is 2.35 bits per heavy atom. The van der Waals surface area contributed by atoms with Gasteiger partial charge in [-0.1, -0.05) is 35.9 Å². The Balaban J connectivity index is 1.93. The summed E-state index contributed by atoms with van der Waals surface area (Å²) in [5.74, 6) is 0.839. The molecular formula is C13H12ClN3. The number of rotatable bonds is 1. The van der Waals surface area contributed by atoms with E-state index >= 15 is 0 Å². The molecule has 1 aromatic carbocycles. The third-order valence-electron chi connectivity index (χ3n) is 2.97. The lowest BCUT2D eigenvalue weighted by Gasteiger charge is -2.16. The van der Waals surface area contributed by atoms with Crippen LogP contribution in [0.15, 0.2) is 36.4 Å². The zero-order chi connectivity index (χ0) is 11.8. The van der Waals surface area contributed by atoms with Gasteiger partial charge in [0.25, 0.3) is 0 Å². The second-order valence-corrected chi connectivity index (χ2v) is 4.59. The van der Waals surface area contributed by atoms with Gasteiger partial charge in [0.1, 0.15) is 11.0 Å². The summed E-state index contributed by atoms with van der Waals surface area (Å²) in [6.07, 6.45) is 0. The predicted octanol–water partition coefficient (Wildman–Crippen LogP) is 2.84. The number of nitrogens with two attached hydrogens (primary N) is 1. The first-order chi connectivity index (χ1) is 8.22. The summed E-state index contributed by atoms with van der Waals surface area (Å²) in [4.78, 5) is 6.48. The van der Waals surface area contributed by atoms with E-state index in [0.717, 1.165) is 18.9 Å². The maximum Gasteiger partial charge on any atom is 0.133 e. The highest BCUT2D eigenvalue weighted by Gasteiger charge is 2.19. The minimum Gasteiger partial charge on any atom is -0.399 e. The first-order valence-corrected chi connectivity index (χ1v) is 5.85. The summed E-state index contributed by atoms with van der Waals surface area (Å²) in [6, 6.07) is 11.9. The number of fused-ring (bicyclic) bond motifs is 1. The molecule has 3 nitrogen and oxygen atoms in total. The van der Waals surface area contributed by atoms with Gasteiger partial charge >= 0.3 is 0 Å². The Labute approximate surface area is 105 Å². The molecular weight excluding hydrogens is 234 g/mol. The quantitative estimate of drug-likeness (QED) is 0.786. The van der Waals surface area contributed by atoms with Gasteiger partial charge in [-0.3, -0.25) is 0 Å². The van der Waals surface area contributed by atoms with Crippen LogP contribution in [0.5, 0.6) is 0 Å². The van der Waals surface area contributed by atoms with E-state index in [1.54, 1.807) is 6.07 Å². The minimum absolute atomic E-state index is 0.441. The monoisotopic (exact) mass is 245 g/mol. The fourth-order valence-electron chi connectivity index (χ4n) is 2.16. The number of pyridine rings is 1. The lowest BCUT2D eigenvalue weighted by Crippen LogP contribution is -2.16. The molecule has 0 unspecified atom stereocenters. The number of anilines is 2. The number of aromatic nitrogens is 1. The average Bonchev–Trinajstić information content (AvgIpc) is 2.71. The molecule has 0 spiro atoms. The Morgan fingerprint density at radius 2 is 1.76 bits per heavy atom. The molecule has 0 saturated carbocycles. The summed E-state index contributed by atoms with van der Waals surface area (Å²) in [5.41, 5.74) is 9.11. The second-order valence-electron chi connectivity index (χ2n) is 4.21. The molecule has 17 heavy (non-hydrogen) atoms. The van der Waals surface area contributed by atoms with E-state index in [0.29, 0.717) is 10.8 Å². The Morgan fingerprint density at radius 1 is 1.12 bits per heavy atom. The average molecular weight is 246 g/mol. The smallest absolute Gasteiger partial charge is 0.133 e. The van der Waals surface area contributed by atoms with E-state index in [-0.39, 0.29) is 0 Å². The third-order valence-corrected chi connectivity index (χ3v) is 3.16. The predicted molar refractivity (Wildman–Crippen MR) is 70.0 cm³/mol. The van der Waals surface area contributed by atoms with Crippen molar-refractivity contribution < 1.29 is 0 Å². The van der Waals surface area contributed by atoms with Crippen molar-refractivity contribution in [3.63, 3.8) is 0 Å². The van der Waals surface area contributed by atoms with E-state index in [2.05, 4.69) is 34.1 Å². The standard InChI is InChI=1S/C13H12ClN3/c14-12-5-11(15)6-13(16-12)17-7-9-3-1-2-4-10(9)8-17/h1-6H,7-8H2,(H2,15,16). The summed E-state index contributed by atoms with van der Waals surface area (Å²) in [5, 5.41) is 0.441. The molecule has 1 aliphatic rings. The van der Waals surface area contributed by atoms with Gasteiger partial charge in [0, 0.05) is 24.8 Å². The molecule has 0 amide bonds. The number of nitrogen functional groups attached to an aromatic ring is 1. The molecule has 0 saturated heterocycles. The van der Waals surface area contributed by atoms with Gasteiger partial charge < -0.3 is 10.6 Å². The first kappa shape index (κ1) is 10.4. The van der Waals surface area contributed by atoms with Gasteiger partial charge in [-0.15, -0.1) is 0 Å². The van der Waals surface area contributed by atoms with Crippen molar-refractivity contribution in [3.05, 3.63) is 52.7 Å².